The Labute approximate surface area is 464 Å². The molecule has 0 aliphatic rings. The van der Waals surface area contributed by atoms with Gasteiger partial charge < -0.3 is 29.3 Å². The lowest BCUT2D eigenvalue weighted by Crippen LogP contribution is -2.41. The van der Waals surface area contributed by atoms with Crippen molar-refractivity contribution >= 4 is 76.0 Å². The molecule has 31 heteroatoms. The zero-order chi connectivity index (χ0) is 60.1. The van der Waals surface area contributed by atoms with Crippen LogP contribution in [0.25, 0.3) is 44.8 Å². The molecule has 8 aromatic heterocycles. The van der Waals surface area contributed by atoms with Crippen LogP contribution in [0, 0.1) is 13.8 Å². The van der Waals surface area contributed by atoms with Gasteiger partial charge in [-0.1, -0.05) is 48.8 Å². The van der Waals surface area contributed by atoms with Gasteiger partial charge in [-0.2, -0.15) is 26.3 Å². The summed E-state index contributed by atoms with van der Waals surface area (Å²) in [6, 6.07) is 10.7. The summed E-state index contributed by atoms with van der Waals surface area (Å²) >= 11 is 3.37. The number of imidazole rings is 2. The van der Waals surface area contributed by atoms with Gasteiger partial charge in [0.05, 0.1) is 35.2 Å². The fraction of sp³-hybridized carbons (Fsp3) is 0.340. The lowest BCUT2D eigenvalue weighted by atomic mass is 10.1. The van der Waals surface area contributed by atoms with Gasteiger partial charge in [0.1, 0.15) is 31.3 Å². The molecule has 0 atom stereocenters. The molecular weight excluding hydrogens is 1160 g/mol. The van der Waals surface area contributed by atoms with Crippen molar-refractivity contribution in [2.24, 2.45) is 14.1 Å². The first-order chi connectivity index (χ1) is 37.7. The largest absolute Gasteiger partial charge is 0.480 e. The Bertz CT molecular complexity index is 3940. The van der Waals surface area contributed by atoms with Crippen LogP contribution in [0.2, 0.25) is 18.1 Å². The number of alkyl halides is 7. The smallest absolute Gasteiger partial charge is 0.418 e. The second-order valence-corrected chi connectivity index (χ2v) is 25.1. The molecule has 0 spiro atoms. The number of halogens is 7. The zero-order valence-corrected chi connectivity index (χ0v) is 47.3. The van der Waals surface area contributed by atoms with Crippen molar-refractivity contribution in [3.63, 3.8) is 0 Å². The van der Waals surface area contributed by atoms with Crippen LogP contribution in [0.1, 0.15) is 43.3 Å². The molecule has 0 fully saturated rings. The number of anilines is 2. The summed E-state index contributed by atoms with van der Waals surface area (Å²) in [5.41, 5.74) is -4.76. The van der Waals surface area contributed by atoms with Gasteiger partial charge in [0.2, 0.25) is 11.8 Å². The number of nitrogens with one attached hydrogen (secondary N) is 3. The second-order valence-electron chi connectivity index (χ2n) is 19.5. The standard InChI is InChI=1S/C22H18F3N7O5.C20H16F3N7O3.C8H19BrOSi/c1-11-13(22(23,24)25)6-12(7-26-11)14-4-3-5-15(28-14)29-16(33)8-31-10-27-19-18(31)20(36)32(9-17(34)35)21(37)30(19)2;1-10-12(20(21,22)23)6-11(7-24-10)13-4-3-5-14(26-13)27-15(31)8-30-9-25-17-16(30)18(32)28-19(33)29(17)2;1-8(2,3)11(4,5)10-7-6-9/h3-7,10H,8-9H2,1-2H3,(H,34,35)(H,28,29,33);3-7,9H,8H2,1-2H3,(H,26,27,31)(H,28,32,33);6-7H2,1-5H3. The normalized spacial score (nSPS) is 11.9. The topological polar surface area (TPSA) is 291 Å². The van der Waals surface area contributed by atoms with E-state index in [-0.39, 0.29) is 74.4 Å². The van der Waals surface area contributed by atoms with Crippen LogP contribution < -0.4 is 33.1 Å². The lowest BCUT2D eigenvalue weighted by Gasteiger charge is -2.35. The van der Waals surface area contributed by atoms with Gasteiger partial charge in [0.15, 0.2) is 30.6 Å². The Morgan fingerprint density at radius 3 is 1.59 bits per heavy atom. The lowest BCUT2D eigenvalue weighted by molar-refractivity contribution is -0.139. The summed E-state index contributed by atoms with van der Waals surface area (Å²) in [7, 11) is 1.28. The first-order valence-corrected chi connectivity index (χ1v) is 28.1. The Kier molecular flexibility index (Phi) is 18.7. The van der Waals surface area contributed by atoms with Crippen molar-refractivity contribution in [1.29, 1.82) is 0 Å². The Morgan fingerprint density at radius 1 is 0.704 bits per heavy atom. The minimum Gasteiger partial charge on any atom is -0.480 e. The molecule has 2 amide bonds. The molecular formula is C50H53BrF6N14O9Si. The summed E-state index contributed by atoms with van der Waals surface area (Å²) < 4.78 is 90.2. The molecule has 23 nitrogen and oxygen atoms in total. The number of carboxylic acids is 1. The number of aromatic nitrogens is 12. The molecule has 8 aromatic rings. The van der Waals surface area contributed by atoms with E-state index in [2.05, 4.69) is 95.3 Å². The van der Waals surface area contributed by atoms with E-state index in [9.17, 15) is 59.9 Å². The highest BCUT2D eigenvalue weighted by molar-refractivity contribution is 9.09. The molecule has 4 N–H and O–H groups in total. The van der Waals surface area contributed by atoms with E-state index < -0.39 is 85.2 Å². The van der Waals surface area contributed by atoms with Crippen LogP contribution in [0.15, 0.2) is 92.8 Å². The Hall–Kier alpha value is -8.45. The van der Waals surface area contributed by atoms with Gasteiger partial charge in [-0.15, -0.1) is 0 Å². The summed E-state index contributed by atoms with van der Waals surface area (Å²) in [6.07, 6.45) is -4.25. The minimum absolute atomic E-state index is 0.0248. The van der Waals surface area contributed by atoms with Gasteiger partial charge in [-0.05, 0) is 68.4 Å². The number of hydrogen-bond acceptors (Lipinski definition) is 14. The van der Waals surface area contributed by atoms with Crippen LogP contribution in [0.5, 0.6) is 0 Å². The van der Waals surface area contributed by atoms with Crippen molar-refractivity contribution in [3.8, 4) is 22.5 Å². The molecule has 0 aliphatic carbocycles. The highest BCUT2D eigenvalue weighted by Crippen LogP contribution is 2.37. The fourth-order valence-corrected chi connectivity index (χ4v) is 8.96. The number of aliphatic carboxylic acids is 1. The number of aromatic amines is 1. The average molecular weight is 1220 g/mol. The summed E-state index contributed by atoms with van der Waals surface area (Å²) in [5, 5.41) is 15.3. The average Bonchev–Trinajstić information content (AvgIpc) is 4.04. The molecule has 0 unspecified atom stereocenters. The minimum atomic E-state index is -4.60. The number of H-pyrrole nitrogens is 1. The number of carboxylic acid groups (broad SMARTS) is 1. The molecule has 81 heavy (non-hydrogen) atoms. The number of fused-ring (bicyclic) bond motifs is 2. The van der Waals surface area contributed by atoms with E-state index in [0.29, 0.717) is 9.61 Å². The van der Waals surface area contributed by atoms with Crippen LogP contribution in [0.3, 0.4) is 0 Å². The monoisotopic (exact) mass is 1210 g/mol. The van der Waals surface area contributed by atoms with Gasteiger partial charge >= 0.3 is 29.7 Å². The second kappa shape index (κ2) is 24.5. The van der Waals surface area contributed by atoms with Crippen LogP contribution in [0.4, 0.5) is 38.0 Å². The Balaban J connectivity index is 0.000000221. The molecule has 0 aromatic carbocycles. The maximum atomic E-state index is 13.3. The predicted octanol–water partition coefficient (Wildman–Crippen LogP) is 6.65. The zero-order valence-electron chi connectivity index (χ0n) is 44.7. The Morgan fingerprint density at radius 2 is 1.16 bits per heavy atom. The SMILES string of the molecule is CC(C)(C)[Si](C)(C)OCCBr.Cc1ncc(-c2cccc(NC(=O)Cn3cnc4c3c(=O)[nH]c(=O)n4C)n2)cc1C(F)(F)F.Cc1ncc(-c2cccc(NC(=O)Cn3cnc4c3c(=O)n(CC(=O)O)c(=O)n4C)n2)cc1C(F)(F)F. The first kappa shape index (κ1) is 61.8. The number of pyridine rings is 4. The van der Waals surface area contributed by atoms with Gasteiger partial charge in [0, 0.05) is 60.9 Å². The van der Waals surface area contributed by atoms with Gasteiger partial charge in [0.25, 0.3) is 11.1 Å². The van der Waals surface area contributed by atoms with E-state index in [4.69, 9.17) is 9.53 Å². The first-order valence-electron chi connectivity index (χ1n) is 24.0. The number of carbonyl (C=O) groups is 3. The van der Waals surface area contributed by atoms with Crippen LogP contribution in [-0.2, 0) is 64.9 Å². The van der Waals surface area contributed by atoms with Crippen LogP contribution >= 0.6 is 15.9 Å². The molecule has 8 heterocycles. The number of hydrogen-bond donors (Lipinski definition) is 4. The van der Waals surface area contributed by atoms with E-state index in [1.54, 1.807) is 0 Å². The number of nitrogens with zero attached hydrogens (tertiary/aromatic N) is 11. The molecule has 8 rings (SSSR count). The third-order valence-corrected chi connectivity index (χ3v) is 17.5. The van der Waals surface area contributed by atoms with E-state index in [1.165, 1.54) is 87.6 Å². The van der Waals surface area contributed by atoms with E-state index >= 15 is 0 Å². The third-order valence-electron chi connectivity index (χ3n) is 12.7. The molecule has 0 aliphatic heterocycles. The van der Waals surface area contributed by atoms with Gasteiger partial charge in [-0.25, -0.2) is 34.1 Å². The predicted molar refractivity (Wildman–Crippen MR) is 291 cm³/mol. The van der Waals surface area contributed by atoms with E-state index in [0.717, 1.165) is 44.1 Å². The summed E-state index contributed by atoms with van der Waals surface area (Å²) in [5.74, 6) is -2.52. The quantitative estimate of drug-likeness (QED) is 0.0534. The van der Waals surface area contributed by atoms with Crippen molar-refractivity contribution in [3.05, 3.63) is 138 Å². The summed E-state index contributed by atoms with van der Waals surface area (Å²) in [6.45, 7) is 13.0. The number of amides is 2. The molecule has 0 saturated carbocycles. The molecule has 0 saturated heterocycles. The molecule has 0 radical (unpaired) electrons. The third kappa shape index (κ3) is 14.7. The maximum absolute atomic E-state index is 13.3. The number of carbonyl (C=O) groups excluding carboxylic acids is 2. The van der Waals surface area contributed by atoms with E-state index in [1.807, 2.05) is 0 Å². The molecule has 0 bridgehead atoms. The number of rotatable bonds is 13. The van der Waals surface area contributed by atoms with Crippen molar-refractivity contribution in [1.82, 2.24) is 57.7 Å². The maximum Gasteiger partial charge on any atom is 0.418 e. The highest BCUT2D eigenvalue weighted by Gasteiger charge is 2.37. The van der Waals surface area contributed by atoms with Crippen molar-refractivity contribution in [2.45, 2.75) is 84.7 Å². The number of aryl methyl sites for hydroxylation is 4. The summed E-state index contributed by atoms with van der Waals surface area (Å²) in [4.78, 5) is 111. The molecule has 430 valence electrons. The highest BCUT2D eigenvalue weighted by atomic mass is 79.9. The van der Waals surface area contributed by atoms with Gasteiger partial charge in [-0.3, -0.25) is 48.1 Å². The van der Waals surface area contributed by atoms with Crippen molar-refractivity contribution < 1.29 is 50.3 Å². The van der Waals surface area contributed by atoms with Crippen LogP contribution in [-0.4, -0.2) is 101 Å². The van der Waals surface area contributed by atoms with Crippen molar-refractivity contribution in [2.75, 3.05) is 22.6 Å². The fourth-order valence-electron chi connectivity index (χ4n) is 7.46.